The van der Waals surface area contributed by atoms with Crippen molar-refractivity contribution in [3.8, 4) is 5.69 Å². The van der Waals surface area contributed by atoms with Gasteiger partial charge in [-0.1, -0.05) is 5.21 Å². The van der Waals surface area contributed by atoms with Gasteiger partial charge in [-0.05, 0) is 6.07 Å². The first-order chi connectivity index (χ1) is 10.0. The van der Waals surface area contributed by atoms with Gasteiger partial charge in [0.2, 0.25) is 5.91 Å². The van der Waals surface area contributed by atoms with Crippen LogP contribution in [0.1, 0.15) is 5.69 Å². The van der Waals surface area contributed by atoms with Crippen molar-refractivity contribution in [2.75, 3.05) is 6.54 Å². The van der Waals surface area contributed by atoms with E-state index in [1.807, 2.05) is 0 Å². The highest BCUT2D eigenvalue weighted by molar-refractivity contribution is 5.77. The first-order valence-corrected chi connectivity index (χ1v) is 5.83. The number of nitrogens with two attached hydrogens (primary N) is 1. The van der Waals surface area contributed by atoms with Crippen molar-refractivity contribution >= 4 is 11.6 Å². The zero-order valence-electron chi connectivity index (χ0n) is 10.7. The molecule has 0 unspecified atom stereocenters. The third-order valence-corrected chi connectivity index (χ3v) is 2.57. The molecule has 0 aliphatic rings. The van der Waals surface area contributed by atoms with E-state index in [0.29, 0.717) is 5.69 Å². The van der Waals surface area contributed by atoms with Gasteiger partial charge in [0, 0.05) is 12.1 Å². The van der Waals surface area contributed by atoms with Crippen LogP contribution in [0.4, 0.5) is 10.1 Å². The lowest BCUT2D eigenvalue weighted by atomic mass is 10.2. The fourth-order valence-electron chi connectivity index (χ4n) is 1.59. The Labute approximate surface area is 117 Å². The Kier molecular flexibility index (Phi) is 4.18. The first kappa shape index (κ1) is 14.5. The molecule has 1 aromatic carbocycles. The van der Waals surface area contributed by atoms with Crippen molar-refractivity contribution in [3.63, 3.8) is 0 Å². The maximum atomic E-state index is 13.2. The molecule has 0 fully saturated rings. The molecule has 0 spiro atoms. The van der Waals surface area contributed by atoms with E-state index in [0.717, 1.165) is 22.9 Å². The predicted molar refractivity (Wildman–Crippen MR) is 68.9 cm³/mol. The molecule has 0 aliphatic carbocycles. The van der Waals surface area contributed by atoms with E-state index in [1.54, 1.807) is 0 Å². The monoisotopic (exact) mass is 294 g/mol. The van der Waals surface area contributed by atoms with Gasteiger partial charge in [-0.3, -0.25) is 14.9 Å². The Bertz CT molecular complexity index is 686. The summed E-state index contributed by atoms with van der Waals surface area (Å²) in [4.78, 5) is 21.3. The van der Waals surface area contributed by atoms with Crippen LogP contribution in [0.15, 0.2) is 24.4 Å². The predicted octanol–water partition coefficient (Wildman–Crippen LogP) is -0.111. The topological polar surface area (TPSA) is 129 Å². The summed E-state index contributed by atoms with van der Waals surface area (Å²) < 4.78 is 14.3. The molecule has 1 amide bonds. The van der Waals surface area contributed by atoms with Crippen molar-refractivity contribution in [3.05, 3.63) is 46.0 Å². The molecule has 0 bridgehead atoms. The van der Waals surface area contributed by atoms with Crippen LogP contribution in [-0.4, -0.2) is 32.4 Å². The number of nitro groups is 1. The van der Waals surface area contributed by atoms with Gasteiger partial charge in [-0.15, -0.1) is 5.10 Å². The molecule has 110 valence electrons. The third kappa shape index (κ3) is 3.36. The van der Waals surface area contributed by atoms with E-state index in [1.165, 1.54) is 6.20 Å². The summed E-state index contributed by atoms with van der Waals surface area (Å²) in [6, 6.07) is 3.01. The van der Waals surface area contributed by atoms with Crippen LogP contribution in [0.3, 0.4) is 0 Å². The summed E-state index contributed by atoms with van der Waals surface area (Å²) in [6.07, 6.45) is 1.36. The number of nitrogens with zero attached hydrogens (tertiary/aromatic N) is 4. The van der Waals surface area contributed by atoms with Crippen molar-refractivity contribution < 1.29 is 14.1 Å². The standard InChI is InChI=1S/C11H11FN6O3/c12-7-1-2-9(18(20)21)10(3-7)17-6-8(15-16-17)5-14-11(19)4-13/h1-3,6H,4-5,13H2,(H,14,19). The molecule has 2 aromatic rings. The lowest BCUT2D eigenvalue weighted by Crippen LogP contribution is -2.29. The maximum Gasteiger partial charge on any atom is 0.295 e. The minimum Gasteiger partial charge on any atom is -0.349 e. The van der Waals surface area contributed by atoms with Gasteiger partial charge in [0.15, 0.2) is 0 Å². The highest BCUT2D eigenvalue weighted by Gasteiger charge is 2.17. The Morgan fingerprint density at radius 3 is 2.95 bits per heavy atom. The number of aromatic nitrogens is 3. The van der Waals surface area contributed by atoms with Gasteiger partial charge in [0.25, 0.3) is 5.69 Å². The minimum absolute atomic E-state index is 0.0519. The number of benzene rings is 1. The molecule has 21 heavy (non-hydrogen) atoms. The summed E-state index contributed by atoms with van der Waals surface area (Å²) in [6.45, 7) is -0.0946. The number of hydrogen-bond acceptors (Lipinski definition) is 6. The summed E-state index contributed by atoms with van der Waals surface area (Å²) >= 11 is 0. The smallest absolute Gasteiger partial charge is 0.295 e. The number of halogens is 1. The Morgan fingerprint density at radius 1 is 1.52 bits per heavy atom. The van der Waals surface area contributed by atoms with E-state index in [-0.39, 0.29) is 30.4 Å². The number of nitro benzene ring substituents is 1. The molecule has 0 aliphatic heterocycles. The van der Waals surface area contributed by atoms with E-state index in [9.17, 15) is 19.3 Å². The summed E-state index contributed by atoms with van der Waals surface area (Å²) in [5, 5.41) is 20.8. The van der Waals surface area contributed by atoms with Crippen molar-refractivity contribution in [1.82, 2.24) is 20.3 Å². The summed E-state index contributed by atoms with van der Waals surface area (Å²) in [7, 11) is 0. The largest absolute Gasteiger partial charge is 0.349 e. The SMILES string of the molecule is NCC(=O)NCc1cn(-c2cc(F)ccc2[N+](=O)[O-])nn1. The third-order valence-electron chi connectivity index (χ3n) is 2.57. The fourth-order valence-corrected chi connectivity index (χ4v) is 1.59. The van der Waals surface area contributed by atoms with Crippen LogP contribution >= 0.6 is 0 Å². The zero-order chi connectivity index (χ0) is 15.4. The average molecular weight is 294 g/mol. The lowest BCUT2D eigenvalue weighted by molar-refractivity contribution is -0.384. The number of amides is 1. The molecule has 3 N–H and O–H groups in total. The van der Waals surface area contributed by atoms with Crippen LogP contribution in [-0.2, 0) is 11.3 Å². The summed E-state index contributed by atoms with van der Waals surface area (Å²) in [5.41, 5.74) is 5.13. The molecule has 0 radical (unpaired) electrons. The Hall–Kier alpha value is -2.88. The maximum absolute atomic E-state index is 13.2. The van der Waals surface area contributed by atoms with Gasteiger partial charge in [0.1, 0.15) is 17.2 Å². The highest BCUT2D eigenvalue weighted by atomic mass is 19.1. The van der Waals surface area contributed by atoms with Crippen LogP contribution in [0.5, 0.6) is 0 Å². The van der Waals surface area contributed by atoms with Crippen molar-refractivity contribution in [2.24, 2.45) is 5.73 Å². The molecule has 9 nitrogen and oxygen atoms in total. The van der Waals surface area contributed by atoms with E-state index in [2.05, 4.69) is 15.6 Å². The van der Waals surface area contributed by atoms with Gasteiger partial charge in [-0.25, -0.2) is 9.07 Å². The Morgan fingerprint density at radius 2 is 2.29 bits per heavy atom. The first-order valence-electron chi connectivity index (χ1n) is 5.83. The van der Waals surface area contributed by atoms with Gasteiger partial charge in [0.05, 0.1) is 24.2 Å². The number of carbonyl (C=O) groups is 1. The molecular formula is C11H11FN6O3. The molecule has 0 saturated heterocycles. The van der Waals surface area contributed by atoms with Crippen LogP contribution in [0, 0.1) is 15.9 Å². The second kappa shape index (κ2) is 6.05. The average Bonchev–Trinajstić information content (AvgIpc) is 2.93. The Balaban J connectivity index is 2.27. The number of rotatable bonds is 5. The van der Waals surface area contributed by atoms with Crippen LogP contribution in [0.25, 0.3) is 5.69 Å². The zero-order valence-corrected chi connectivity index (χ0v) is 10.7. The van der Waals surface area contributed by atoms with E-state index in [4.69, 9.17) is 5.73 Å². The molecule has 10 heteroatoms. The number of hydrogen-bond donors (Lipinski definition) is 2. The normalized spacial score (nSPS) is 10.4. The number of carbonyl (C=O) groups excluding carboxylic acids is 1. The van der Waals surface area contributed by atoms with Crippen molar-refractivity contribution in [1.29, 1.82) is 0 Å². The van der Waals surface area contributed by atoms with E-state index < -0.39 is 10.7 Å². The quantitative estimate of drug-likeness (QED) is 0.584. The van der Waals surface area contributed by atoms with Gasteiger partial charge in [-0.2, -0.15) is 0 Å². The van der Waals surface area contributed by atoms with Gasteiger partial charge >= 0.3 is 0 Å². The lowest BCUT2D eigenvalue weighted by Gasteiger charge is -2.02. The summed E-state index contributed by atoms with van der Waals surface area (Å²) in [5.74, 6) is -1.01. The van der Waals surface area contributed by atoms with Crippen LogP contribution < -0.4 is 11.1 Å². The molecular weight excluding hydrogens is 283 g/mol. The molecule has 2 rings (SSSR count). The minimum atomic E-state index is -0.647. The van der Waals surface area contributed by atoms with Crippen LogP contribution in [0.2, 0.25) is 0 Å². The molecule has 1 aromatic heterocycles. The number of nitrogens with one attached hydrogen (secondary N) is 1. The second-order valence-corrected chi connectivity index (χ2v) is 4.03. The van der Waals surface area contributed by atoms with E-state index >= 15 is 0 Å². The molecule has 1 heterocycles. The second-order valence-electron chi connectivity index (χ2n) is 4.03. The molecule has 0 saturated carbocycles. The van der Waals surface area contributed by atoms with Gasteiger partial charge < -0.3 is 11.1 Å². The fraction of sp³-hybridized carbons (Fsp3) is 0.182. The molecule has 0 atom stereocenters. The van der Waals surface area contributed by atoms with Crippen molar-refractivity contribution in [2.45, 2.75) is 6.54 Å². The highest BCUT2D eigenvalue weighted by Crippen LogP contribution is 2.22.